The van der Waals surface area contributed by atoms with Gasteiger partial charge in [0.15, 0.2) is 0 Å². The van der Waals surface area contributed by atoms with Crippen molar-refractivity contribution in [3.8, 4) is 5.75 Å². The number of carbonyl (C=O) groups is 2. The molecule has 1 aromatic carbocycles. The van der Waals surface area contributed by atoms with E-state index < -0.39 is 17.8 Å². The Morgan fingerprint density at radius 2 is 1.91 bits per heavy atom. The number of hydrogen-bond donors (Lipinski definition) is 2. The molecule has 3 rings (SSSR count). The number of methoxy groups -OCH3 is 1. The average Bonchev–Trinajstić information content (AvgIpc) is 3.08. The molecular weight excluding hydrogens is 282 g/mol. The van der Waals surface area contributed by atoms with Crippen molar-refractivity contribution in [3.63, 3.8) is 0 Å². The zero-order chi connectivity index (χ0) is 15.9. The van der Waals surface area contributed by atoms with E-state index >= 15 is 0 Å². The molecule has 0 aliphatic heterocycles. The van der Waals surface area contributed by atoms with Gasteiger partial charge in [0.05, 0.1) is 24.6 Å². The number of allylic oxidation sites excluding steroid dienone is 2. The highest BCUT2D eigenvalue weighted by Gasteiger charge is 2.51. The van der Waals surface area contributed by atoms with E-state index in [0.717, 1.165) is 12.0 Å². The quantitative estimate of drug-likeness (QED) is 0.838. The average molecular weight is 301 g/mol. The first kappa shape index (κ1) is 14.6. The molecule has 5 nitrogen and oxygen atoms in total. The number of ether oxygens (including phenoxy) is 1. The van der Waals surface area contributed by atoms with Gasteiger partial charge in [-0.2, -0.15) is 0 Å². The van der Waals surface area contributed by atoms with Gasteiger partial charge in [-0.1, -0.05) is 18.2 Å². The molecule has 2 N–H and O–H groups in total. The predicted molar refractivity (Wildman–Crippen MR) is 81.7 cm³/mol. The molecule has 2 aliphatic rings. The van der Waals surface area contributed by atoms with Crippen molar-refractivity contribution in [2.75, 3.05) is 12.4 Å². The smallest absolute Gasteiger partial charge is 0.307 e. The van der Waals surface area contributed by atoms with E-state index in [-0.39, 0.29) is 17.7 Å². The summed E-state index contributed by atoms with van der Waals surface area (Å²) in [5, 5.41) is 12.3. The number of carboxylic acid groups (broad SMARTS) is 1. The summed E-state index contributed by atoms with van der Waals surface area (Å²) in [5.74, 6) is -1.73. The summed E-state index contributed by atoms with van der Waals surface area (Å²) in [7, 11) is 1.54. The highest BCUT2D eigenvalue weighted by Crippen LogP contribution is 2.48. The highest BCUT2D eigenvalue weighted by molar-refractivity contribution is 5.97. The van der Waals surface area contributed by atoms with Crippen LogP contribution in [0.15, 0.2) is 30.4 Å². The van der Waals surface area contributed by atoms with Gasteiger partial charge >= 0.3 is 5.97 Å². The zero-order valence-electron chi connectivity index (χ0n) is 12.6. The Morgan fingerprint density at radius 1 is 1.23 bits per heavy atom. The zero-order valence-corrected chi connectivity index (χ0v) is 12.6. The lowest BCUT2D eigenvalue weighted by molar-refractivity contribution is -0.146. The number of benzene rings is 1. The molecule has 0 radical (unpaired) electrons. The summed E-state index contributed by atoms with van der Waals surface area (Å²) in [6.45, 7) is 1.93. The van der Waals surface area contributed by atoms with Crippen LogP contribution < -0.4 is 10.1 Å². The molecule has 0 saturated heterocycles. The van der Waals surface area contributed by atoms with Crippen molar-refractivity contribution < 1.29 is 19.4 Å². The number of hydrogen-bond acceptors (Lipinski definition) is 3. The fraction of sp³-hybridized carbons (Fsp3) is 0.412. The minimum atomic E-state index is -0.895. The molecule has 22 heavy (non-hydrogen) atoms. The van der Waals surface area contributed by atoms with Gasteiger partial charge in [-0.25, -0.2) is 0 Å². The van der Waals surface area contributed by atoms with Crippen LogP contribution in [0.1, 0.15) is 12.0 Å². The van der Waals surface area contributed by atoms with Crippen molar-refractivity contribution in [2.24, 2.45) is 23.7 Å². The van der Waals surface area contributed by atoms with Crippen LogP contribution in [-0.4, -0.2) is 24.1 Å². The van der Waals surface area contributed by atoms with Crippen LogP contribution >= 0.6 is 0 Å². The van der Waals surface area contributed by atoms with Crippen molar-refractivity contribution in [1.82, 2.24) is 0 Å². The van der Waals surface area contributed by atoms with Crippen LogP contribution in [0.4, 0.5) is 5.69 Å². The normalized spacial score (nSPS) is 28.6. The molecule has 2 aliphatic carbocycles. The Kier molecular flexibility index (Phi) is 3.64. The Bertz CT molecular complexity index is 652. The monoisotopic (exact) mass is 301 g/mol. The number of amides is 1. The third-order valence-corrected chi connectivity index (χ3v) is 4.66. The van der Waals surface area contributed by atoms with Gasteiger partial charge in [0, 0.05) is 0 Å². The molecule has 5 heteroatoms. The molecule has 1 aromatic rings. The van der Waals surface area contributed by atoms with Gasteiger partial charge in [0.25, 0.3) is 0 Å². The van der Waals surface area contributed by atoms with Crippen molar-refractivity contribution in [3.05, 3.63) is 35.9 Å². The lowest BCUT2D eigenvalue weighted by Crippen LogP contribution is -2.36. The lowest BCUT2D eigenvalue weighted by Gasteiger charge is -2.24. The third kappa shape index (κ3) is 2.36. The summed E-state index contributed by atoms with van der Waals surface area (Å²) in [6, 6.07) is 5.52. The molecule has 1 amide bonds. The second-order valence-corrected chi connectivity index (χ2v) is 6.03. The number of carbonyl (C=O) groups excluding carboxylic acids is 1. The van der Waals surface area contributed by atoms with Crippen LogP contribution in [-0.2, 0) is 9.59 Å². The number of aliphatic carboxylic acids is 1. The Labute approximate surface area is 129 Å². The summed E-state index contributed by atoms with van der Waals surface area (Å²) in [5.41, 5.74) is 1.59. The molecule has 4 atom stereocenters. The van der Waals surface area contributed by atoms with Gasteiger partial charge in [0.1, 0.15) is 5.75 Å². The minimum absolute atomic E-state index is 0.0157. The molecule has 0 spiro atoms. The number of fused-ring (bicyclic) bond motifs is 2. The first-order valence-electron chi connectivity index (χ1n) is 7.38. The Hall–Kier alpha value is -2.30. The van der Waals surface area contributed by atoms with E-state index in [9.17, 15) is 14.7 Å². The molecule has 2 bridgehead atoms. The van der Waals surface area contributed by atoms with Crippen LogP contribution in [0.5, 0.6) is 5.75 Å². The summed E-state index contributed by atoms with van der Waals surface area (Å²) in [6.07, 6.45) is 4.66. The van der Waals surface area contributed by atoms with Gasteiger partial charge in [-0.05, 0) is 42.9 Å². The van der Waals surface area contributed by atoms with E-state index in [1.54, 1.807) is 13.2 Å². The van der Waals surface area contributed by atoms with E-state index in [1.807, 2.05) is 31.2 Å². The summed E-state index contributed by atoms with van der Waals surface area (Å²) < 4.78 is 5.26. The van der Waals surface area contributed by atoms with Gasteiger partial charge in [0.2, 0.25) is 5.91 Å². The molecule has 1 fully saturated rings. The Balaban J connectivity index is 1.84. The van der Waals surface area contributed by atoms with Crippen molar-refractivity contribution in [1.29, 1.82) is 0 Å². The van der Waals surface area contributed by atoms with Gasteiger partial charge in [-0.3, -0.25) is 9.59 Å². The van der Waals surface area contributed by atoms with Crippen molar-refractivity contribution >= 4 is 17.6 Å². The van der Waals surface area contributed by atoms with Gasteiger partial charge in [-0.15, -0.1) is 0 Å². The molecule has 0 aromatic heterocycles. The van der Waals surface area contributed by atoms with Crippen LogP contribution in [0.25, 0.3) is 0 Å². The van der Waals surface area contributed by atoms with E-state index in [4.69, 9.17) is 4.74 Å². The molecule has 0 unspecified atom stereocenters. The second-order valence-electron chi connectivity index (χ2n) is 6.03. The number of nitrogens with one attached hydrogen (secondary N) is 1. The molecule has 116 valence electrons. The number of carboxylic acids is 1. The van der Waals surface area contributed by atoms with E-state index in [2.05, 4.69) is 5.32 Å². The fourth-order valence-corrected chi connectivity index (χ4v) is 3.65. The Morgan fingerprint density at radius 3 is 2.55 bits per heavy atom. The molecular formula is C17H19NO4. The maximum Gasteiger partial charge on any atom is 0.307 e. The SMILES string of the molecule is COc1ccc(C)cc1NC(=O)[C@H]1[C@@H](C(=O)O)[C@H]2C=C[C@H]1C2. The number of rotatable bonds is 4. The highest BCUT2D eigenvalue weighted by atomic mass is 16.5. The topological polar surface area (TPSA) is 75.6 Å². The summed E-state index contributed by atoms with van der Waals surface area (Å²) >= 11 is 0. The summed E-state index contributed by atoms with van der Waals surface area (Å²) in [4.78, 5) is 24.1. The minimum Gasteiger partial charge on any atom is -0.495 e. The number of anilines is 1. The number of aryl methyl sites for hydroxylation is 1. The molecule has 0 heterocycles. The maximum absolute atomic E-state index is 12.6. The van der Waals surface area contributed by atoms with E-state index in [0.29, 0.717) is 11.4 Å². The first-order valence-corrected chi connectivity index (χ1v) is 7.38. The first-order chi connectivity index (χ1) is 10.5. The molecule has 1 saturated carbocycles. The fourth-order valence-electron chi connectivity index (χ4n) is 3.65. The van der Waals surface area contributed by atoms with Crippen LogP contribution in [0.2, 0.25) is 0 Å². The standard InChI is InChI=1S/C17H19NO4/c1-9-3-6-13(22-2)12(7-9)18-16(19)14-10-4-5-11(8-10)15(14)17(20)21/h3-7,10-11,14-15H,8H2,1-2H3,(H,18,19)(H,20,21)/t10-,11-,14+,15-/m0/s1. The lowest BCUT2D eigenvalue weighted by atomic mass is 9.82. The van der Waals surface area contributed by atoms with Crippen LogP contribution in [0, 0.1) is 30.6 Å². The second kappa shape index (κ2) is 5.48. The van der Waals surface area contributed by atoms with Crippen LogP contribution in [0.3, 0.4) is 0 Å². The third-order valence-electron chi connectivity index (χ3n) is 4.66. The largest absolute Gasteiger partial charge is 0.495 e. The predicted octanol–water partition coefficient (Wildman–Crippen LogP) is 2.47. The van der Waals surface area contributed by atoms with Gasteiger partial charge < -0.3 is 15.2 Å². The van der Waals surface area contributed by atoms with Crippen molar-refractivity contribution in [2.45, 2.75) is 13.3 Å². The maximum atomic E-state index is 12.6. The van der Waals surface area contributed by atoms with E-state index in [1.165, 1.54) is 0 Å².